The van der Waals surface area contributed by atoms with E-state index < -0.39 is 0 Å². The van der Waals surface area contributed by atoms with Crippen LogP contribution in [0.5, 0.6) is 0 Å². The Kier molecular flexibility index (Phi) is 4.29. The smallest absolute Gasteiger partial charge is 0.261 e. The van der Waals surface area contributed by atoms with Gasteiger partial charge in [-0.2, -0.15) is 0 Å². The summed E-state index contributed by atoms with van der Waals surface area (Å²) in [5, 5.41) is 3.07. The van der Waals surface area contributed by atoms with Gasteiger partial charge in [0.05, 0.1) is 11.1 Å². The molecular formula is C14H19N3O2. The lowest BCUT2D eigenvalue weighted by atomic mass is 10.1. The van der Waals surface area contributed by atoms with Gasteiger partial charge in [0, 0.05) is 26.2 Å². The van der Waals surface area contributed by atoms with Crippen LogP contribution in [0.2, 0.25) is 0 Å². The van der Waals surface area contributed by atoms with E-state index in [-0.39, 0.29) is 11.8 Å². The number of fused-ring (bicyclic) bond motifs is 1. The molecule has 1 N–H and O–H groups in total. The van der Waals surface area contributed by atoms with Crippen LogP contribution >= 0.6 is 0 Å². The van der Waals surface area contributed by atoms with Crippen molar-refractivity contribution in [2.75, 3.05) is 40.3 Å². The molecule has 0 saturated carbocycles. The number of nitrogens with one attached hydrogen (secondary N) is 1. The Hall–Kier alpha value is -1.72. The molecule has 102 valence electrons. The molecule has 5 nitrogen and oxygen atoms in total. The summed E-state index contributed by atoms with van der Waals surface area (Å²) in [7, 11) is 3.88. The van der Waals surface area contributed by atoms with Crippen molar-refractivity contribution < 1.29 is 9.59 Å². The summed E-state index contributed by atoms with van der Waals surface area (Å²) in [6.07, 6.45) is 0. The molecule has 2 amide bonds. The van der Waals surface area contributed by atoms with Gasteiger partial charge in [-0.3, -0.25) is 14.5 Å². The maximum atomic E-state index is 12.1. The molecule has 0 aromatic heterocycles. The van der Waals surface area contributed by atoms with Crippen LogP contribution in [0.25, 0.3) is 0 Å². The molecule has 0 fully saturated rings. The number of hydrogen-bond acceptors (Lipinski definition) is 4. The fourth-order valence-electron chi connectivity index (χ4n) is 2.13. The first-order valence-corrected chi connectivity index (χ1v) is 6.43. The Morgan fingerprint density at radius 3 is 2.21 bits per heavy atom. The maximum absolute atomic E-state index is 12.1. The van der Waals surface area contributed by atoms with Crippen LogP contribution in [-0.4, -0.2) is 61.9 Å². The van der Waals surface area contributed by atoms with E-state index in [1.165, 1.54) is 4.90 Å². The zero-order chi connectivity index (χ0) is 13.8. The summed E-state index contributed by atoms with van der Waals surface area (Å²) in [5.41, 5.74) is 1.04. The molecule has 1 heterocycles. The van der Waals surface area contributed by atoms with Crippen LogP contribution in [0.15, 0.2) is 24.3 Å². The van der Waals surface area contributed by atoms with Gasteiger partial charge in [-0.25, -0.2) is 0 Å². The molecule has 0 radical (unpaired) electrons. The molecule has 0 spiro atoms. The lowest BCUT2D eigenvalue weighted by Gasteiger charge is -2.20. The number of carbonyl (C=O) groups is 2. The van der Waals surface area contributed by atoms with Crippen LogP contribution < -0.4 is 5.32 Å². The number of imide groups is 1. The SMILES string of the molecule is CNCCN(C)CCN1C(=O)c2ccccc2C1=O. The van der Waals surface area contributed by atoms with Crippen molar-refractivity contribution in [1.29, 1.82) is 0 Å². The molecular weight excluding hydrogens is 242 g/mol. The van der Waals surface area contributed by atoms with Gasteiger partial charge in [0.15, 0.2) is 0 Å². The second-order valence-electron chi connectivity index (χ2n) is 4.71. The number of hydrogen-bond donors (Lipinski definition) is 1. The molecule has 19 heavy (non-hydrogen) atoms. The summed E-state index contributed by atoms with van der Waals surface area (Å²) in [4.78, 5) is 27.6. The van der Waals surface area contributed by atoms with Gasteiger partial charge in [-0.1, -0.05) is 12.1 Å². The first kappa shape index (κ1) is 13.7. The Labute approximate surface area is 113 Å². The van der Waals surface area contributed by atoms with E-state index in [4.69, 9.17) is 0 Å². The molecule has 0 bridgehead atoms. The van der Waals surface area contributed by atoms with Crippen LogP contribution in [0.4, 0.5) is 0 Å². The second-order valence-corrected chi connectivity index (χ2v) is 4.71. The number of likely N-dealkylation sites (N-methyl/N-ethyl adjacent to an activating group) is 2. The van der Waals surface area contributed by atoms with E-state index in [0.717, 1.165) is 13.1 Å². The van der Waals surface area contributed by atoms with Crippen LogP contribution in [0.3, 0.4) is 0 Å². The minimum absolute atomic E-state index is 0.178. The lowest BCUT2D eigenvalue weighted by Crippen LogP contribution is -2.38. The summed E-state index contributed by atoms with van der Waals surface area (Å²) in [6.45, 7) is 2.90. The van der Waals surface area contributed by atoms with Crippen molar-refractivity contribution in [2.45, 2.75) is 0 Å². The molecule has 5 heteroatoms. The Morgan fingerprint density at radius 2 is 1.68 bits per heavy atom. The molecule has 0 aliphatic carbocycles. The zero-order valence-electron chi connectivity index (χ0n) is 11.3. The Bertz CT molecular complexity index is 452. The zero-order valence-corrected chi connectivity index (χ0v) is 11.3. The minimum Gasteiger partial charge on any atom is -0.318 e. The first-order valence-electron chi connectivity index (χ1n) is 6.43. The number of benzene rings is 1. The highest BCUT2D eigenvalue weighted by atomic mass is 16.2. The molecule has 0 saturated heterocycles. The number of carbonyl (C=O) groups excluding carboxylic acids is 2. The number of nitrogens with zero attached hydrogens (tertiary/aromatic N) is 2. The summed E-state index contributed by atoms with van der Waals surface area (Å²) in [6, 6.07) is 6.99. The van der Waals surface area contributed by atoms with Gasteiger partial charge < -0.3 is 10.2 Å². The summed E-state index contributed by atoms with van der Waals surface area (Å²) in [5.74, 6) is -0.356. The molecule has 0 atom stereocenters. The van der Waals surface area contributed by atoms with Crippen molar-refractivity contribution in [3.05, 3.63) is 35.4 Å². The average Bonchev–Trinajstić information content (AvgIpc) is 2.67. The third kappa shape index (κ3) is 2.83. The topological polar surface area (TPSA) is 52.6 Å². The lowest BCUT2D eigenvalue weighted by molar-refractivity contribution is 0.0641. The standard InChI is InChI=1S/C14H19N3O2/c1-15-7-8-16(2)9-10-17-13(18)11-5-3-4-6-12(11)14(17)19/h3-6,15H,7-10H2,1-2H3. The van der Waals surface area contributed by atoms with Crippen molar-refractivity contribution in [3.63, 3.8) is 0 Å². The molecule has 1 aliphatic rings. The third-order valence-corrected chi connectivity index (χ3v) is 3.33. The van der Waals surface area contributed by atoms with Crippen molar-refractivity contribution >= 4 is 11.8 Å². The van der Waals surface area contributed by atoms with Crippen molar-refractivity contribution in [1.82, 2.24) is 15.1 Å². The maximum Gasteiger partial charge on any atom is 0.261 e. The van der Waals surface area contributed by atoms with E-state index in [1.807, 2.05) is 14.1 Å². The third-order valence-electron chi connectivity index (χ3n) is 3.33. The quantitative estimate of drug-likeness (QED) is 0.755. The summed E-state index contributed by atoms with van der Waals surface area (Å²) >= 11 is 0. The highest BCUT2D eigenvalue weighted by Gasteiger charge is 2.34. The van der Waals surface area contributed by atoms with Gasteiger partial charge in [0.1, 0.15) is 0 Å². The monoisotopic (exact) mass is 261 g/mol. The predicted molar refractivity (Wildman–Crippen MR) is 73.2 cm³/mol. The van der Waals surface area contributed by atoms with Crippen molar-refractivity contribution in [3.8, 4) is 0 Å². The van der Waals surface area contributed by atoms with E-state index in [9.17, 15) is 9.59 Å². The fourth-order valence-corrected chi connectivity index (χ4v) is 2.13. The van der Waals surface area contributed by atoms with E-state index in [2.05, 4.69) is 10.2 Å². The number of amides is 2. The molecule has 1 aromatic rings. The van der Waals surface area contributed by atoms with Gasteiger partial charge in [-0.05, 0) is 26.2 Å². The first-order chi connectivity index (χ1) is 9.15. The summed E-state index contributed by atoms with van der Waals surface area (Å²) < 4.78 is 0. The molecule has 0 unspecified atom stereocenters. The molecule has 1 aliphatic heterocycles. The predicted octanol–water partition coefficient (Wildman–Crippen LogP) is 0.434. The normalized spacial score (nSPS) is 14.4. The van der Waals surface area contributed by atoms with Gasteiger partial charge in [-0.15, -0.1) is 0 Å². The van der Waals surface area contributed by atoms with Gasteiger partial charge in [0.2, 0.25) is 0 Å². The van der Waals surface area contributed by atoms with Crippen LogP contribution in [-0.2, 0) is 0 Å². The van der Waals surface area contributed by atoms with Crippen LogP contribution in [0, 0.1) is 0 Å². The highest BCUT2D eigenvalue weighted by molar-refractivity contribution is 6.21. The van der Waals surface area contributed by atoms with E-state index in [0.29, 0.717) is 24.2 Å². The average molecular weight is 261 g/mol. The Balaban J connectivity index is 1.97. The highest BCUT2D eigenvalue weighted by Crippen LogP contribution is 2.21. The fraction of sp³-hybridized carbons (Fsp3) is 0.429. The minimum atomic E-state index is -0.178. The van der Waals surface area contributed by atoms with Crippen LogP contribution in [0.1, 0.15) is 20.7 Å². The largest absolute Gasteiger partial charge is 0.318 e. The molecule has 1 aromatic carbocycles. The van der Waals surface area contributed by atoms with E-state index in [1.54, 1.807) is 24.3 Å². The Morgan fingerprint density at radius 1 is 1.11 bits per heavy atom. The van der Waals surface area contributed by atoms with E-state index >= 15 is 0 Å². The van der Waals surface area contributed by atoms with Gasteiger partial charge >= 0.3 is 0 Å². The van der Waals surface area contributed by atoms with Gasteiger partial charge in [0.25, 0.3) is 11.8 Å². The second kappa shape index (κ2) is 5.95. The van der Waals surface area contributed by atoms with Crippen molar-refractivity contribution in [2.24, 2.45) is 0 Å². The molecule has 2 rings (SSSR count). The number of rotatable bonds is 6.